The topological polar surface area (TPSA) is 142 Å². The summed E-state index contributed by atoms with van der Waals surface area (Å²) in [5.74, 6) is -0.637. The van der Waals surface area contributed by atoms with Crippen molar-refractivity contribution < 1.29 is 22.6 Å². The summed E-state index contributed by atoms with van der Waals surface area (Å²) in [6.07, 6.45) is 3.76. The highest BCUT2D eigenvalue weighted by atomic mass is 79.9. The molecule has 1 aromatic heterocycles. The van der Waals surface area contributed by atoms with E-state index in [1.54, 1.807) is 0 Å². The molecule has 29 heavy (non-hydrogen) atoms. The van der Waals surface area contributed by atoms with Crippen LogP contribution in [-0.4, -0.2) is 48.1 Å². The van der Waals surface area contributed by atoms with Crippen LogP contribution in [-0.2, 0) is 10.0 Å². The van der Waals surface area contributed by atoms with E-state index in [0.29, 0.717) is 5.69 Å². The molecule has 1 aromatic carbocycles. The number of hydroxylamine groups is 1. The molecule has 0 atom stereocenters. The third-order valence-electron chi connectivity index (χ3n) is 4.33. The first-order chi connectivity index (χ1) is 13.9. The van der Waals surface area contributed by atoms with E-state index < -0.39 is 15.8 Å². The van der Waals surface area contributed by atoms with Gasteiger partial charge >= 0.3 is 0 Å². The van der Waals surface area contributed by atoms with Gasteiger partial charge in [-0.15, -0.1) is 0 Å². The van der Waals surface area contributed by atoms with E-state index >= 15 is 0 Å². The van der Waals surface area contributed by atoms with Gasteiger partial charge in [0.2, 0.25) is 15.8 Å². The minimum absolute atomic E-state index is 0.00311. The second kappa shape index (κ2) is 9.61. The first-order valence-electron chi connectivity index (χ1n) is 8.88. The molecule has 13 heteroatoms. The van der Waals surface area contributed by atoms with Gasteiger partial charge in [-0.25, -0.2) is 27.2 Å². The summed E-state index contributed by atoms with van der Waals surface area (Å²) in [5, 5.41) is 19.6. The Hall–Kier alpha value is -2.09. The SMILES string of the molecule is O=S(=O)(CCNc1nonc1C(=Nc1ccc(F)c(Br)c1)NO)NC1CCCC1. The molecule has 0 radical (unpaired) electrons. The normalized spacial score (nSPS) is 15.6. The van der Waals surface area contributed by atoms with Crippen LogP contribution in [0.25, 0.3) is 0 Å². The quantitative estimate of drug-likeness (QED) is 0.251. The van der Waals surface area contributed by atoms with Gasteiger partial charge < -0.3 is 5.32 Å². The van der Waals surface area contributed by atoms with Crippen LogP contribution in [0.15, 0.2) is 32.3 Å². The molecule has 0 aliphatic heterocycles. The number of rotatable bonds is 8. The molecule has 0 amide bonds. The number of amidine groups is 1. The molecule has 3 rings (SSSR count). The number of benzene rings is 1. The van der Waals surface area contributed by atoms with Crippen molar-refractivity contribution in [3.05, 3.63) is 34.2 Å². The van der Waals surface area contributed by atoms with Crippen molar-refractivity contribution in [2.45, 2.75) is 31.7 Å². The number of aliphatic imine (C=N–C) groups is 1. The van der Waals surface area contributed by atoms with Crippen molar-refractivity contribution in [2.24, 2.45) is 4.99 Å². The Morgan fingerprint density at radius 1 is 1.34 bits per heavy atom. The fraction of sp³-hybridized carbons (Fsp3) is 0.438. The number of nitrogens with one attached hydrogen (secondary N) is 3. The lowest BCUT2D eigenvalue weighted by molar-refractivity contribution is 0.234. The average Bonchev–Trinajstić information content (AvgIpc) is 3.34. The minimum Gasteiger partial charge on any atom is -0.364 e. The summed E-state index contributed by atoms with van der Waals surface area (Å²) in [6, 6.07) is 4.02. The number of aromatic nitrogens is 2. The molecule has 10 nitrogen and oxygen atoms in total. The van der Waals surface area contributed by atoms with Crippen molar-refractivity contribution in [1.82, 2.24) is 20.5 Å². The Labute approximate surface area is 175 Å². The van der Waals surface area contributed by atoms with E-state index in [2.05, 4.69) is 45.9 Å². The predicted octanol–water partition coefficient (Wildman–Crippen LogP) is 2.30. The molecule has 0 spiro atoms. The smallest absolute Gasteiger partial charge is 0.213 e. The van der Waals surface area contributed by atoms with E-state index in [1.807, 2.05) is 5.48 Å². The van der Waals surface area contributed by atoms with Crippen LogP contribution in [0.4, 0.5) is 15.9 Å². The molecular weight excluding hydrogens is 471 g/mol. The van der Waals surface area contributed by atoms with Crippen molar-refractivity contribution in [2.75, 3.05) is 17.6 Å². The van der Waals surface area contributed by atoms with Gasteiger partial charge in [0, 0.05) is 12.6 Å². The third kappa shape index (κ3) is 5.95. The van der Waals surface area contributed by atoms with Crippen LogP contribution in [0.2, 0.25) is 0 Å². The number of sulfonamides is 1. The maximum absolute atomic E-state index is 13.4. The summed E-state index contributed by atoms with van der Waals surface area (Å²) in [6.45, 7) is 0.0457. The largest absolute Gasteiger partial charge is 0.364 e. The van der Waals surface area contributed by atoms with E-state index in [4.69, 9.17) is 0 Å². The Kier molecular flexibility index (Phi) is 7.16. The highest BCUT2D eigenvalue weighted by Crippen LogP contribution is 2.23. The lowest BCUT2D eigenvalue weighted by Gasteiger charge is -2.12. The zero-order valence-electron chi connectivity index (χ0n) is 15.2. The molecule has 0 unspecified atom stereocenters. The Morgan fingerprint density at radius 3 is 2.79 bits per heavy atom. The van der Waals surface area contributed by atoms with Crippen LogP contribution in [0, 0.1) is 5.82 Å². The summed E-state index contributed by atoms with van der Waals surface area (Å²) < 4.78 is 45.3. The van der Waals surface area contributed by atoms with E-state index in [0.717, 1.165) is 25.7 Å². The van der Waals surface area contributed by atoms with Gasteiger partial charge in [-0.3, -0.25) is 10.7 Å². The molecule has 158 valence electrons. The molecule has 1 aliphatic carbocycles. The highest BCUT2D eigenvalue weighted by Gasteiger charge is 2.22. The molecule has 1 fully saturated rings. The number of anilines is 1. The molecule has 1 heterocycles. The second-order valence-corrected chi connectivity index (χ2v) is 9.20. The first-order valence-corrected chi connectivity index (χ1v) is 11.3. The third-order valence-corrected chi connectivity index (χ3v) is 6.37. The standard InChI is InChI=1S/C16H20BrFN6O4S/c17-12-9-11(5-6-13(12)18)20-16(21-25)14-15(23-28-22-14)19-7-8-29(26,27)24-10-3-1-2-4-10/h5-6,9-10,24-25H,1-4,7-8H2,(H,19,23)(H,20,21). The van der Waals surface area contributed by atoms with Crippen LogP contribution >= 0.6 is 15.9 Å². The van der Waals surface area contributed by atoms with Crippen molar-refractivity contribution in [3.8, 4) is 0 Å². The molecule has 4 N–H and O–H groups in total. The molecule has 1 saturated carbocycles. The lowest BCUT2D eigenvalue weighted by Crippen LogP contribution is -2.36. The van der Waals surface area contributed by atoms with Crippen LogP contribution in [0.1, 0.15) is 31.4 Å². The van der Waals surface area contributed by atoms with Gasteiger partial charge in [-0.1, -0.05) is 12.8 Å². The van der Waals surface area contributed by atoms with E-state index in [-0.39, 0.29) is 40.2 Å². The lowest BCUT2D eigenvalue weighted by atomic mass is 10.3. The molecular formula is C16H20BrFN6O4S. The fourth-order valence-electron chi connectivity index (χ4n) is 2.93. The van der Waals surface area contributed by atoms with Gasteiger partial charge in [0.1, 0.15) is 5.82 Å². The minimum atomic E-state index is -3.44. The van der Waals surface area contributed by atoms with Gasteiger partial charge in [-0.2, -0.15) is 0 Å². The maximum atomic E-state index is 13.4. The van der Waals surface area contributed by atoms with Crippen LogP contribution in [0.5, 0.6) is 0 Å². The Balaban J connectivity index is 1.65. The zero-order chi connectivity index (χ0) is 20.9. The van der Waals surface area contributed by atoms with E-state index in [9.17, 15) is 18.0 Å². The number of hydrogen-bond acceptors (Lipinski definition) is 8. The molecule has 0 bridgehead atoms. The zero-order valence-corrected chi connectivity index (χ0v) is 17.6. The predicted molar refractivity (Wildman–Crippen MR) is 107 cm³/mol. The number of hydrogen-bond donors (Lipinski definition) is 4. The van der Waals surface area contributed by atoms with E-state index in [1.165, 1.54) is 18.2 Å². The average molecular weight is 491 g/mol. The van der Waals surface area contributed by atoms with Gasteiger partial charge in [0.05, 0.1) is 15.9 Å². The first kappa shape index (κ1) is 21.6. The fourth-order valence-corrected chi connectivity index (χ4v) is 4.53. The second-order valence-electron chi connectivity index (χ2n) is 6.48. The molecule has 0 saturated heterocycles. The van der Waals surface area contributed by atoms with Crippen LogP contribution < -0.4 is 15.5 Å². The highest BCUT2D eigenvalue weighted by molar-refractivity contribution is 9.10. The van der Waals surface area contributed by atoms with Crippen molar-refractivity contribution in [1.29, 1.82) is 0 Å². The van der Waals surface area contributed by atoms with Gasteiger partial charge in [-0.05, 0) is 57.3 Å². The van der Waals surface area contributed by atoms with Crippen molar-refractivity contribution in [3.63, 3.8) is 0 Å². The maximum Gasteiger partial charge on any atom is 0.213 e. The van der Waals surface area contributed by atoms with Gasteiger partial charge in [0.25, 0.3) is 0 Å². The Morgan fingerprint density at radius 2 is 2.10 bits per heavy atom. The monoisotopic (exact) mass is 490 g/mol. The van der Waals surface area contributed by atoms with Crippen LogP contribution in [0.3, 0.4) is 0 Å². The number of nitrogens with zero attached hydrogens (tertiary/aromatic N) is 3. The molecule has 1 aliphatic rings. The summed E-state index contributed by atoms with van der Waals surface area (Å²) >= 11 is 3.06. The van der Waals surface area contributed by atoms with Crippen molar-refractivity contribution >= 4 is 43.3 Å². The van der Waals surface area contributed by atoms with Gasteiger partial charge in [0.15, 0.2) is 11.5 Å². The Bertz CT molecular complexity index is 978. The molecule has 2 aromatic rings. The summed E-state index contributed by atoms with van der Waals surface area (Å²) in [4.78, 5) is 4.13. The number of halogens is 2. The summed E-state index contributed by atoms with van der Waals surface area (Å²) in [7, 11) is -3.44. The summed E-state index contributed by atoms with van der Waals surface area (Å²) in [5.41, 5.74) is 2.25.